The predicted octanol–water partition coefficient (Wildman–Crippen LogP) is 1.78. The number of rotatable bonds is 7. The molecule has 0 aliphatic rings. The van der Waals surface area contributed by atoms with Gasteiger partial charge in [0, 0.05) is 25.4 Å². The first-order valence-corrected chi connectivity index (χ1v) is 7.33. The molecule has 6 heteroatoms. The third-order valence-corrected chi connectivity index (χ3v) is 4.06. The molecule has 0 saturated carbocycles. The number of carboxylic acid groups (broad SMARTS) is 1. The Labute approximate surface area is 113 Å². The Morgan fingerprint density at radius 2 is 1.95 bits per heavy atom. The lowest BCUT2D eigenvalue weighted by Gasteiger charge is -2.13. The molecule has 19 heavy (non-hydrogen) atoms. The third kappa shape index (κ3) is 5.67. The molecule has 0 atom stereocenters. The van der Waals surface area contributed by atoms with Crippen molar-refractivity contribution in [1.29, 1.82) is 0 Å². The van der Waals surface area contributed by atoms with E-state index in [9.17, 15) is 13.2 Å². The second-order valence-electron chi connectivity index (χ2n) is 4.08. The second kappa shape index (κ2) is 7.06. The van der Waals surface area contributed by atoms with E-state index >= 15 is 0 Å². The van der Waals surface area contributed by atoms with Crippen molar-refractivity contribution < 1.29 is 18.3 Å². The molecule has 0 heterocycles. The number of hydrogen-bond donors (Lipinski definition) is 1. The molecule has 0 spiro atoms. The summed E-state index contributed by atoms with van der Waals surface area (Å²) in [4.78, 5) is 10.4. The molecule has 0 unspecified atom stereocenters. The van der Waals surface area contributed by atoms with Crippen LogP contribution in [-0.2, 0) is 14.8 Å². The molecule has 0 saturated heterocycles. The van der Waals surface area contributed by atoms with Crippen LogP contribution in [0.1, 0.15) is 18.4 Å². The van der Waals surface area contributed by atoms with Crippen molar-refractivity contribution in [3.63, 3.8) is 0 Å². The molecule has 104 valence electrons. The molecule has 0 aromatic heterocycles. The van der Waals surface area contributed by atoms with Gasteiger partial charge >= 0.3 is 5.97 Å². The molecule has 0 aliphatic carbocycles. The van der Waals surface area contributed by atoms with Crippen LogP contribution in [0.15, 0.2) is 35.7 Å². The summed E-state index contributed by atoms with van der Waals surface area (Å²) in [7, 11) is -2.06. The fraction of sp³-hybridized carbons (Fsp3) is 0.308. The topological polar surface area (TPSA) is 74.7 Å². The van der Waals surface area contributed by atoms with Gasteiger partial charge in [-0.2, -0.15) is 0 Å². The van der Waals surface area contributed by atoms with E-state index in [-0.39, 0.29) is 13.0 Å². The Balaban J connectivity index is 2.60. The van der Waals surface area contributed by atoms with Gasteiger partial charge in [-0.05, 0) is 18.1 Å². The fourth-order valence-electron chi connectivity index (χ4n) is 1.41. The van der Waals surface area contributed by atoms with Gasteiger partial charge in [0.05, 0.1) is 0 Å². The summed E-state index contributed by atoms with van der Waals surface area (Å²) >= 11 is 0. The van der Waals surface area contributed by atoms with Crippen molar-refractivity contribution in [2.24, 2.45) is 0 Å². The summed E-state index contributed by atoms with van der Waals surface area (Å²) in [5.41, 5.74) is 0.796. The van der Waals surface area contributed by atoms with Crippen LogP contribution in [0, 0.1) is 0 Å². The van der Waals surface area contributed by atoms with Crippen LogP contribution in [0.5, 0.6) is 0 Å². The quantitative estimate of drug-likeness (QED) is 0.827. The number of carboxylic acids is 1. The summed E-state index contributed by atoms with van der Waals surface area (Å²) in [5, 5.41) is 9.63. The first-order valence-electron chi connectivity index (χ1n) is 5.83. The van der Waals surface area contributed by atoms with Crippen LogP contribution < -0.4 is 0 Å². The van der Waals surface area contributed by atoms with Gasteiger partial charge in [-0.1, -0.05) is 30.3 Å². The van der Waals surface area contributed by atoms with Crippen molar-refractivity contribution in [2.45, 2.75) is 12.8 Å². The summed E-state index contributed by atoms with van der Waals surface area (Å²) in [6, 6.07) is 9.10. The fourth-order valence-corrected chi connectivity index (χ4v) is 2.33. The van der Waals surface area contributed by atoms with Crippen LogP contribution in [0.2, 0.25) is 0 Å². The van der Waals surface area contributed by atoms with E-state index in [1.54, 1.807) is 12.1 Å². The molecule has 0 bridgehead atoms. The van der Waals surface area contributed by atoms with E-state index in [0.717, 1.165) is 15.3 Å². The molecule has 0 radical (unpaired) electrons. The maximum absolute atomic E-state index is 11.9. The van der Waals surface area contributed by atoms with Crippen LogP contribution in [0.4, 0.5) is 0 Å². The minimum absolute atomic E-state index is 0.0394. The SMILES string of the molecule is CN(CCCC(=O)O)S(=O)(=O)/C=C/c1ccccc1. The van der Waals surface area contributed by atoms with Gasteiger partial charge in [0.25, 0.3) is 0 Å². The van der Waals surface area contributed by atoms with Crippen molar-refractivity contribution in [1.82, 2.24) is 4.31 Å². The van der Waals surface area contributed by atoms with Crippen LogP contribution in [-0.4, -0.2) is 37.4 Å². The maximum atomic E-state index is 11.9. The highest BCUT2D eigenvalue weighted by molar-refractivity contribution is 7.92. The lowest BCUT2D eigenvalue weighted by molar-refractivity contribution is -0.137. The first-order chi connectivity index (χ1) is 8.92. The number of sulfonamides is 1. The van der Waals surface area contributed by atoms with Gasteiger partial charge in [-0.25, -0.2) is 12.7 Å². The molecule has 1 aromatic rings. The van der Waals surface area contributed by atoms with E-state index in [2.05, 4.69) is 0 Å². The molecule has 1 rings (SSSR count). The summed E-state index contributed by atoms with van der Waals surface area (Å²) in [5.74, 6) is -0.925. The molecular weight excluding hydrogens is 266 g/mol. The molecule has 0 fully saturated rings. The first kappa shape index (κ1) is 15.4. The number of hydrogen-bond acceptors (Lipinski definition) is 3. The van der Waals surface area contributed by atoms with Crippen molar-refractivity contribution in [3.05, 3.63) is 41.3 Å². The largest absolute Gasteiger partial charge is 0.481 e. The molecule has 5 nitrogen and oxygen atoms in total. The minimum Gasteiger partial charge on any atom is -0.481 e. The minimum atomic E-state index is -3.50. The van der Waals surface area contributed by atoms with Gasteiger partial charge < -0.3 is 5.11 Å². The van der Waals surface area contributed by atoms with Gasteiger partial charge in [-0.3, -0.25) is 4.79 Å². The van der Waals surface area contributed by atoms with Crippen molar-refractivity contribution >= 4 is 22.1 Å². The average Bonchev–Trinajstić information content (AvgIpc) is 2.37. The van der Waals surface area contributed by atoms with E-state index in [4.69, 9.17) is 5.11 Å². The maximum Gasteiger partial charge on any atom is 0.303 e. The van der Waals surface area contributed by atoms with Gasteiger partial charge in [0.1, 0.15) is 0 Å². The highest BCUT2D eigenvalue weighted by Gasteiger charge is 2.13. The summed E-state index contributed by atoms with van der Waals surface area (Å²) in [6.45, 7) is 0.188. The van der Waals surface area contributed by atoms with Crippen LogP contribution >= 0.6 is 0 Å². The molecule has 0 aliphatic heterocycles. The zero-order valence-electron chi connectivity index (χ0n) is 10.7. The second-order valence-corrected chi connectivity index (χ2v) is 6.00. The Bertz CT molecular complexity index is 537. The van der Waals surface area contributed by atoms with Crippen LogP contribution in [0.3, 0.4) is 0 Å². The van der Waals surface area contributed by atoms with E-state index in [0.29, 0.717) is 6.42 Å². The lowest BCUT2D eigenvalue weighted by atomic mass is 10.2. The summed E-state index contributed by atoms with van der Waals surface area (Å²) in [6.07, 6.45) is 1.77. The zero-order chi connectivity index (χ0) is 14.3. The number of carbonyl (C=O) groups is 1. The van der Waals surface area contributed by atoms with E-state index in [1.807, 2.05) is 18.2 Å². The van der Waals surface area contributed by atoms with Gasteiger partial charge in [0.15, 0.2) is 0 Å². The highest BCUT2D eigenvalue weighted by atomic mass is 32.2. The van der Waals surface area contributed by atoms with Crippen molar-refractivity contribution in [2.75, 3.05) is 13.6 Å². The van der Waals surface area contributed by atoms with Gasteiger partial charge in [-0.15, -0.1) is 0 Å². The molecule has 1 N–H and O–H groups in total. The van der Waals surface area contributed by atoms with E-state index in [1.165, 1.54) is 13.1 Å². The Morgan fingerprint density at radius 1 is 1.32 bits per heavy atom. The number of aliphatic carboxylic acids is 1. The lowest BCUT2D eigenvalue weighted by Crippen LogP contribution is -2.26. The molecule has 1 aromatic carbocycles. The average molecular weight is 283 g/mol. The standard InChI is InChI=1S/C13H17NO4S/c1-14(10-5-8-13(15)16)19(17,18)11-9-12-6-3-2-4-7-12/h2-4,6-7,9,11H,5,8,10H2,1H3,(H,15,16)/b11-9+. The monoisotopic (exact) mass is 283 g/mol. The van der Waals surface area contributed by atoms with Crippen LogP contribution in [0.25, 0.3) is 6.08 Å². The number of benzene rings is 1. The Morgan fingerprint density at radius 3 is 2.53 bits per heavy atom. The highest BCUT2D eigenvalue weighted by Crippen LogP contribution is 2.07. The predicted molar refractivity (Wildman–Crippen MR) is 73.9 cm³/mol. The third-order valence-electron chi connectivity index (χ3n) is 2.53. The smallest absolute Gasteiger partial charge is 0.303 e. The van der Waals surface area contributed by atoms with E-state index < -0.39 is 16.0 Å². The van der Waals surface area contributed by atoms with Gasteiger partial charge in [0.2, 0.25) is 10.0 Å². The Kier molecular flexibility index (Phi) is 5.72. The number of nitrogens with zero attached hydrogens (tertiary/aromatic N) is 1. The summed E-state index contributed by atoms with van der Waals surface area (Å²) < 4.78 is 24.9. The molecular formula is C13H17NO4S. The van der Waals surface area contributed by atoms with Crippen molar-refractivity contribution in [3.8, 4) is 0 Å². The normalized spacial score (nSPS) is 12.1. The zero-order valence-corrected chi connectivity index (χ0v) is 11.5. The molecule has 0 amide bonds. The Hall–Kier alpha value is -1.66.